The van der Waals surface area contributed by atoms with Gasteiger partial charge in [-0.05, 0) is 54.2 Å². The summed E-state index contributed by atoms with van der Waals surface area (Å²) in [6, 6.07) is 16.0. The van der Waals surface area contributed by atoms with Crippen LogP contribution in [0.1, 0.15) is 5.76 Å². The van der Waals surface area contributed by atoms with Crippen LogP contribution >= 0.6 is 46.6 Å². The molecule has 0 bridgehead atoms. The van der Waals surface area contributed by atoms with Gasteiger partial charge in [0.15, 0.2) is 5.17 Å². The van der Waals surface area contributed by atoms with Gasteiger partial charge >= 0.3 is 0 Å². The van der Waals surface area contributed by atoms with Crippen LogP contribution in [0.5, 0.6) is 0 Å². The molecule has 1 aromatic heterocycles. The Labute approximate surface area is 180 Å². The fourth-order valence-corrected chi connectivity index (χ4v) is 3.79. The van der Waals surface area contributed by atoms with Gasteiger partial charge < -0.3 is 9.73 Å². The summed E-state index contributed by atoms with van der Waals surface area (Å²) in [7, 11) is 0. The number of hydrogen-bond acceptors (Lipinski definition) is 4. The van der Waals surface area contributed by atoms with E-state index in [1.807, 2.05) is 24.3 Å². The number of hydrogen-bond donors (Lipinski definition) is 1. The molecule has 1 aliphatic heterocycles. The topological polar surface area (TPSA) is 54.6 Å². The van der Waals surface area contributed by atoms with Crippen LogP contribution in [0.2, 0.25) is 15.1 Å². The summed E-state index contributed by atoms with van der Waals surface area (Å²) >= 11 is 19.3. The molecule has 8 heteroatoms. The lowest BCUT2D eigenvalue weighted by Gasteiger charge is -1.99. The van der Waals surface area contributed by atoms with Crippen molar-refractivity contribution in [3.63, 3.8) is 0 Å². The summed E-state index contributed by atoms with van der Waals surface area (Å²) < 4.78 is 5.82. The molecule has 1 fully saturated rings. The van der Waals surface area contributed by atoms with E-state index in [-0.39, 0.29) is 5.91 Å². The van der Waals surface area contributed by atoms with Crippen molar-refractivity contribution >= 4 is 69.4 Å². The van der Waals surface area contributed by atoms with E-state index < -0.39 is 0 Å². The number of furan rings is 1. The second-order valence-corrected chi connectivity index (χ2v) is 8.02. The van der Waals surface area contributed by atoms with Crippen LogP contribution in [0.3, 0.4) is 0 Å². The molecule has 4 nitrogen and oxygen atoms in total. The van der Waals surface area contributed by atoms with Gasteiger partial charge in [-0.2, -0.15) is 0 Å². The number of carbonyl (C=O) groups is 1. The maximum atomic E-state index is 12.2. The molecule has 0 unspecified atom stereocenters. The van der Waals surface area contributed by atoms with Crippen LogP contribution in [0.4, 0.5) is 5.69 Å². The minimum absolute atomic E-state index is 0.247. The number of carbonyl (C=O) groups excluding carboxylic acids is 1. The Bertz CT molecular complexity index is 1140. The largest absolute Gasteiger partial charge is 0.457 e. The van der Waals surface area contributed by atoms with Crippen molar-refractivity contribution in [3.8, 4) is 11.3 Å². The fraction of sp³-hybridized carbons (Fsp3) is 0. The Morgan fingerprint density at radius 3 is 2.57 bits per heavy atom. The Kier molecular flexibility index (Phi) is 5.51. The molecular weight excluding hydrogens is 439 g/mol. The zero-order valence-electron chi connectivity index (χ0n) is 14.1. The number of amidine groups is 1. The Morgan fingerprint density at radius 1 is 0.964 bits per heavy atom. The molecule has 0 radical (unpaired) electrons. The van der Waals surface area contributed by atoms with Gasteiger partial charge in [-0.15, -0.1) is 0 Å². The predicted octanol–water partition coefficient (Wildman–Crippen LogP) is 6.80. The summed E-state index contributed by atoms with van der Waals surface area (Å²) in [5.41, 5.74) is 1.39. The number of nitrogens with zero attached hydrogens (tertiary/aromatic N) is 1. The number of benzene rings is 2. The first-order valence-electron chi connectivity index (χ1n) is 8.09. The first kappa shape index (κ1) is 19.2. The first-order chi connectivity index (χ1) is 13.5. The molecule has 2 heterocycles. The molecule has 140 valence electrons. The van der Waals surface area contributed by atoms with Crippen molar-refractivity contribution in [2.45, 2.75) is 0 Å². The van der Waals surface area contributed by atoms with E-state index in [4.69, 9.17) is 39.2 Å². The first-order valence-corrected chi connectivity index (χ1v) is 10.0. The average molecular weight is 450 g/mol. The summed E-state index contributed by atoms with van der Waals surface area (Å²) in [5.74, 6) is 0.916. The van der Waals surface area contributed by atoms with Crippen molar-refractivity contribution < 1.29 is 9.21 Å². The van der Waals surface area contributed by atoms with Crippen LogP contribution in [0, 0.1) is 0 Å². The number of para-hydroxylation sites is 1. The lowest BCUT2D eigenvalue weighted by Crippen LogP contribution is -2.19. The average Bonchev–Trinajstić information content (AvgIpc) is 3.27. The summed E-state index contributed by atoms with van der Waals surface area (Å²) in [6.45, 7) is 0. The Hall–Kier alpha value is -2.18. The molecule has 0 spiro atoms. The normalized spacial score (nSPS) is 16.8. The molecule has 1 saturated heterocycles. The Balaban J connectivity index is 1.56. The summed E-state index contributed by atoms with van der Waals surface area (Å²) in [5, 5.41) is 4.62. The van der Waals surface area contributed by atoms with Crippen LogP contribution in [0.15, 0.2) is 68.9 Å². The number of amides is 1. The number of nitrogens with one attached hydrogen (secondary N) is 1. The van der Waals surface area contributed by atoms with Crippen molar-refractivity contribution in [1.82, 2.24) is 5.32 Å². The Morgan fingerprint density at radius 2 is 1.79 bits per heavy atom. The minimum atomic E-state index is -0.247. The zero-order valence-corrected chi connectivity index (χ0v) is 17.2. The predicted molar refractivity (Wildman–Crippen MR) is 116 cm³/mol. The van der Waals surface area contributed by atoms with Crippen LogP contribution < -0.4 is 5.32 Å². The summed E-state index contributed by atoms with van der Waals surface area (Å²) in [6.07, 6.45) is 1.66. The van der Waals surface area contributed by atoms with Gasteiger partial charge in [0.25, 0.3) is 5.91 Å². The van der Waals surface area contributed by atoms with E-state index in [1.54, 1.807) is 36.4 Å². The number of rotatable bonds is 3. The second kappa shape index (κ2) is 8.05. The molecule has 0 aliphatic carbocycles. The number of halogens is 3. The second-order valence-electron chi connectivity index (χ2n) is 5.76. The molecule has 1 aliphatic rings. The van der Waals surface area contributed by atoms with E-state index in [2.05, 4.69) is 10.3 Å². The van der Waals surface area contributed by atoms with Gasteiger partial charge in [-0.3, -0.25) is 4.79 Å². The van der Waals surface area contributed by atoms with E-state index in [0.717, 1.165) is 5.56 Å². The highest BCUT2D eigenvalue weighted by molar-refractivity contribution is 8.18. The van der Waals surface area contributed by atoms with E-state index in [9.17, 15) is 4.79 Å². The quantitative estimate of drug-likeness (QED) is 0.447. The van der Waals surface area contributed by atoms with E-state index >= 15 is 0 Å². The number of thioether (sulfide) groups is 1. The standard InChI is InChI=1S/C20H11Cl3N2O2S/c21-13-7-5-11(9-15(13)23)17-8-6-12(27-17)10-18-19(26)25-20(28-18)24-16-4-2-1-3-14(16)22/h1-10H,(H,24,25,26)/b18-10+. The fourth-order valence-electron chi connectivity index (χ4n) is 2.50. The third kappa shape index (κ3) is 4.13. The smallest absolute Gasteiger partial charge is 0.264 e. The van der Waals surface area contributed by atoms with Crippen LogP contribution in [0.25, 0.3) is 17.4 Å². The van der Waals surface area contributed by atoms with E-state index in [1.165, 1.54) is 11.8 Å². The molecule has 4 rings (SSSR count). The highest BCUT2D eigenvalue weighted by Crippen LogP contribution is 2.33. The highest BCUT2D eigenvalue weighted by Gasteiger charge is 2.24. The zero-order chi connectivity index (χ0) is 19.7. The third-order valence-electron chi connectivity index (χ3n) is 3.83. The van der Waals surface area contributed by atoms with Crippen LogP contribution in [-0.4, -0.2) is 11.1 Å². The van der Waals surface area contributed by atoms with Gasteiger partial charge in [0.05, 0.1) is 25.7 Å². The number of aliphatic imine (C=N–C) groups is 1. The maximum Gasteiger partial charge on any atom is 0.264 e. The van der Waals surface area contributed by atoms with Crippen molar-refractivity contribution in [1.29, 1.82) is 0 Å². The van der Waals surface area contributed by atoms with Gasteiger partial charge in [0.2, 0.25) is 0 Å². The highest BCUT2D eigenvalue weighted by atomic mass is 35.5. The molecule has 0 atom stereocenters. The van der Waals surface area contributed by atoms with Crippen molar-refractivity contribution in [2.24, 2.45) is 4.99 Å². The van der Waals surface area contributed by atoms with Gasteiger partial charge in [-0.1, -0.05) is 46.9 Å². The molecule has 3 aromatic rings. The summed E-state index contributed by atoms with van der Waals surface area (Å²) in [4.78, 5) is 17.1. The third-order valence-corrected chi connectivity index (χ3v) is 5.80. The molecular formula is C20H11Cl3N2O2S. The molecule has 28 heavy (non-hydrogen) atoms. The lowest BCUT2D eigenvalue weighted by atomic mass is 10.2. The molecule has 2 aromatic carbocycles. The monoisotopic (exact) mass is 448 g/mol. The minimum Gasteiger partial charge on any atom is -0.457 e. The van der Waals surface area contributed by atoms with Gasteiger partial charge in [0, 0.05) is 11.6 Å². The van der Waals surface area contributed by atoms with Crippen LogP contribution in [-0.2, 0) is 4.79 Å². The van der Waals surface area contributed by atoms with Crippen molar-refractivity contribution in [3.05, 3.63) is 80.3 Å². The van der Waals surface area contributed by atoms with E-state index in [0.29, 0.717) is 42.3 Å². The SMILES string of the molecule is O=C1NC(=Nc2ccccc2Cl)S/C1=C/c1ccc(-c2ccc(Cl)c(Cl)c2)o1. The van der Waals surface area contributed by atoms with Gasteiger partial charge in [0.1, 0.15) is 11.5 Å². The van der Waals surface area contributed by atoms with Gasteiger partial charge in [-0.25, -0.2) is 4.99 Å². The lowest BCUT2D eigenvalue weighted by molar-refractivity contribution is -0.115. The molecule has 1 amide bonds. The van der Waals surface area contributed by atoms with Crippen molar-refractivity contribution in [2.75, 3.05) is 0 Å². The molecule has 1 N–H and O–H groups in total. The maximum absolute atomic E-state index is 12.2. The molecule has 0 saturated carbocycles.